The predicted molar refractivity (Wildman–Crippen MR) is 332 cm³/mol. The molecule has 4 aromatic carbocycles. The molecular formula is C69H57ClN10O3. The minimum atomic E-state index is 0.150. The lowest BCUT2D eigenvalue weighted by Crippen LogP contribution is -2.15. The molecule has 3 aliphatic rings. The molecule has 3 aliphatic carbocycles. The molecule has 8 aromatic heterocycles. The molecule has 0 bridgehead atoms. The van der Waals surface area contributed by atoms with E-state index in [9.17, 15) is 0 Å². The second-order valence-corrected chi connectivity index (χ2v) is 21.6. The molecule has 0 radical (unpaired) electrons. The second-order valence-electron chi connectivity index (χ2n) is 21.2. The van der Waals surface area contributed by atoms with Gasteiger partial charge in [0, 0.05) is 123 Å². The number of methoxy groups -OCH3 is 3. The van der Waals surface area contributed by atoms with Gasteiger partial charge in [-0.15, -0.1) is 0 Å². The third kappa shape index (κ3) is 9.13. The number of pyridine rings is 8. The van der Waals surface area contributed by atoms with Crippen molar-refractivity contribution in [3.8, 4) is 39.6 Å². The van der Waals surface area contributed by atoms with Crippen LogP contribution in [0.5, 0.6) is 17.2 Å². The molecule has 14 heteroatoms. The third-order valence-electron chi connectivity index (χ3n) is 16.7. The van der Waals surface area contributed by atoms with Gasteiger partial charge in [0.05, 0.1) is 43.9 Å². The highest BCUT2D eigenvalue weighted by atomic mass is 35.5. The van der Waals surface area contributed by atoms with Crippen LogP contribution in [0.1, 0.15) is 73.3 Å². The first-order valence-corrected chi connectivity index (χ1v) is 27.8. The van der Waals surface area contributed by atoms with Gasteiger partial charge in [-0.05, 0) is 172 Å². The van der Waals surface area contributed by atoms with Crippen molar-refractivity contribution in [1.82, 2.24) is 39.9 Å². The maximum Gasteiger partial charge on any atom is 0.164 e. The van der Waals surface area contributed by atoms with E-state index in [0.29, 0.717) is 11.6 Å². The van der Waals surface area contributed by atoms with Crippen LogP contribution in [0.3, 0.4) is 0 Å². The summed E-state index contributed by atoms with van der Waals surface area (Å²) in [6.07, 6.45) is 20.8. The molecule has 0 saturated carbocycles. The Morgan fingerprint density at radius 2 is 1.25 bits per heavy atom. The number of rotatable bonds is 6. The molecule has 15 rings (SSSR count). The fourth-order valence-electron chi connectivity index (χ4n) is 12.7. The maximum absolute atomic E-state index is 6.30. The lowest BCUT2D eigenvalue weighted by molar-refractivity contribution is 0.349. The van der Waals surface area contributed by atoms with Crippen LogP contribution in [-0.4, -0.2) is 61.2 Å². The maximum atomic E-state index is 6.30. The number of nitrogens with two attached hydrogens (primary N) is 2. The van der Waals surface area contributed by atoms with Crippen LogP contribution in [0.2, 0.25) is 5.02 Å². The minimum Gasteiger partial charge on any atom is -0.496 e. The molecular weight excluding hydrogens is 1050 g/mol. The summed E-state index contributed by atoms with van der Waals surface area (Å²) >= 11 is 6.28. The molecule has 0 saturated heterocycles. The number of fused-ring (bicyclic) bond motifs is 14. The average Bonchev–Trinajstić information content (AvgIpc) is 4.18. The first-order chi connectivity index (χ1) is 40.5. The molecule has 12 aromatic rings. The summed E-state index contributed by atoms with van der Waals surface area (Å²) in [7, 11) is 5.13. The Morgan fingerprint density at radius 1 is 0.542 bits per heavy atom. The van der Waals surface area contributed by atoms with Crippen molar-refractivity contribution in [1.29, 1.82) is 0 Å². The first-order valence-electron chi connectivity index (χ1n) is 27.4. The number of aryl methyl sites for hydroxylation is 2. The first kappa shape index (κ1) is 52.5. The zero-order chi connectivity index (χ0) is 57.0. The Balaban J connectivity index is 0.000000117. The normalized spacial score (nSPS) is 14.6. The largest absolute Gasteiger partial charge is 0.496 e. The van der Waals surface area contributed by atoms with Crippen molar-refractivity contribution in [2.75, 3.05) is 32.8 Å². The highest BCUT2D eigenvalue weighted by molar-refractivity contribution is 6.30. The van der Waals surface area contributed by atoms with Crippen molar-refractivity contribution < 1.29 is 14.2 Å². The second kappa shape index (κ2) is 21.6. The van der Waals surface area contributed by atoms with Crippen molar-refractivity contribution in [2.24, 2.45) is 0 Å². The topological polar surface area (TPSA) is 183 Å². The van der Waals surface area contributed by atoms with E-state index in [1.807, 2.05) is 86.4 Å². The van der Waals surface area contributed by atoms with Gasteiger partial charge < -0.3 is 25.7 Å². The van der Waals surface area contributed by atoms with E-state index in [1.165, 1.54) is 44.5 Å². The van der Waals surface area contributed by atoms with E-state index in [4.69, 9.17) is 52.2 Å². The average molecular weight is 1110 g/mol. The standard InChI is InChI=1S/C24H20N4O.C24H22N2O2.C21H15ClN4/c1-13-8-16(10-21(29-3)14(13)2)18-9-15-4-6-26-11-19(15)23-22(18)17-5-7-27-12-20(17)24(25)28-23;1-14-8-9-16(24(28-3)23(14)27-2)18-12-15-6-4-11-26-22(15)19-13-20-17(21(18)19)7-5-10-25-20;22-14-3-1-2-12(8-14)16-9-13-4-6-24-10-17(13)20-19(16)15-5-7-25-11-18(15)21(23)26-20/h4-12H,1-3H3,(H2,25,28);4-11,18H,12-13H2,1-3H3;1-8,10-11,16H,9H2,(H2,23,26). The molecule has 0 amide bonds. The van der Waals surface area contributed by atoms with Gasteiger partial charge in [-0.25, -0.2) is 9.97 Å². The number of hydrogen-bond acceptors (Lipinski definition) is 13. The quantitative estimate of drug-likeness (QED) is 0.150. The number of anilines is 2. The molecule has 83 heavy (non-hydrogen) atoms. The summed E-state index contributed by atoms with van der Waals surface area (Å²) in [6.45, 7) is 6.23. The Kier molecular flexibility index (Phi) is 13.6. The summed E-state index contributed by atoms with van der Waals surface area (Å²) in [6, 6.07) is 35.3. The van der Waals surface area contributed by atoms with Crippen LogP contribution in [0.15, 0.2) is 165 Å². The Labute approximate surface area is 485 Å². The van der Waals surface area contributed by atoms with E-state index in [2.05, 4.69) is 93.4 Å². The zero-order valence-corrected chi connectivity index (χ0v) is 47.5. The molecule has 13 nitrogen and oxygen atoms in total. The lowest BCUT2D eigenvalue weighted by atomic mass is 9.76. The molecule has 4 N–H and O–H groups in total. The van der Waals surface area contributed by atoms with Crippen LogP contribution in [-0.2, 0) is 19.3 Å². The highest BCUT2D eigenvalue weighted by Gasteiger charge is 2.38. The number of aromatic nitrogens is 8. The fraction of sp³-hybridized carbons (Fsp3) is 0.159. The zero-order valence-electron chi connectivity index (χ0n) is 46.7. The van der Waals surface area contributed by atoms with Gasteiger partial charge in [-0.3, -0.25) is 29.9 Å². The van der Waals surface area contributed by atoms with Gasteiger partial charge >= 0.3 is 0 Å². The van der Waals surface area contributed by atoms with Crippen molar-refractivity contribution in [2.45, 2.75) is 51.9 Å². The molecule has 408 valence electrons. The lowest BCUT2D eigenvalue weighted by Gasteiger charge is -2.29. The van der Waals surface area contributed by atoms with Gasteiger partial charge in [0.1, 0.15) is 17.4 Å². The van der Waals surface area contributed by atoms with E-state index >= 15 is 0 Å². The van der Waals surface area contributed by atoms with Crippen LogP contribution < -0.4 is 25.7 Å². The molecule has 2 atom stereocenters. The number of nitrogens with zero attached hydrogens (tertiary/aromatic N) is 8. The number of allylic oxidation sites excluding steroid dienone is 2. The van der Waals surface area contributed by atoms with Gasteiger partial charge in [0.25, 0.3) is 0 Å². The summed E-state index contributed by atoms with van der Waals surface area (Å²) in [5.41, 5.74) is 33.0. The Morgan fingerprint density at radius 3 is 2.05 bits per heavy atom. The van der Waals surface area contributed by atoms with Gasteiger partial charge in [0.15, 0.2) is 11.5 Å². The fourth-order valence-corrected chi connectivity index (χ4v) is 12.9. The van der Waals surface area contributed by atoms with Crippen molar-refractivity contribution in [3.63, 3.8) is 0 Å². The predicted octanol–water partition coefficient (Wildman–Crippen LogP) is 14.4. The summed E-state index contributed by atoms with van der Waals surface area (Å²) < 4.78 is 17.2. The van der Waals surface area contributed by atoms with Crippen molar-refractivity contribution in [3.05, 3.63) is 232 Å². The number of ether oxygens (including phenoxy) is 3. The van der Waals surface area contributed by atoms with Crippen LogP contribution >= 0.6 is 11.6 Å². The summed E-state index contributed by atoms with van der Waals surface area (Å²) in [5.74, 6) is 3.80. The van der Waals surface area contributed by atoms with Gasteiger partial charge in [-0.1, -0.05) is 54.1 Å². The molecule has 0 aliphatic heterocycles. The summed E-state index contributed by atoms with van der Waals surface area (Å²) in [5, 5.41) is 7.67. The summed E-state index contributed by atoms with van der Waals surface area (Å²) in [4.78, 5) is 36.0. The van der Waals surface area contributed by atoms with Gasteiger partial charge in [0.2, 0.25) is 0 Å². The number of nitrogen functional groups attached to an aromatic ring is 2. The number of halogens is 1. The number of benzene rings is 4. The Bertz CT molecular complexity index is 4620. The minimum absolute atomic E-state index is 0.150. The van der Waals surface area contributed by atoms with Crippen molar-refractivity contribution >= 4 is 77.6 Å². The van der Waals surface area contributed by atoms with Crippen LogP contribution in [0.25, 0.3) is 76.8 Å². The van der Waals surface area contributed by atoms with Gasteiger partial charge in [-0.2, -0.15) is 0 Å². The number of hydrogen-bond donors (Lipinski definition) is 2. The molecule has 8 heterocycles. The highest BCUT2D eigenvalue weighted by Crippen LogP contribution is 2.54. The smallest absolute Gasteiger partial charge is 0.164 e. The van der Waals surface area contributed by atoms with Crippen LogP contribution in [0, 0.1) is 20.8 Å². The van der Waals surface area contributed by atoms with E-state index in [-0.39, 0.29) is 11.8 Å². The van der Waals surface area contributed by atoms with E-state index < -0.39 is 0 Å². The Hall–Kier alpha value is -9.85. The van der Waals surface area contributed by atoms with E-state index in [0.717, 1.165) is 135 Å². The molecule has 0 fully saturated rings. The monoisotopic (exact) mass is 1110 g/mol. The molecule has 2 unspecified atom stereocenters. The SMILES string of the molecule is COc1c(C)ccc(C2Cc3cccnc3C3=C2c2cccnc2C3)c1OC.COc1cc(-c2cc3ccncc3c3nc(N)c4cnccc4c23)cc(C)c1C.Nc1nc2c(c3ccncc13)C(c1cccc(Cl)c1)Cc1ccncc1-2. The van der Waals surface area contributed by atoms with E-state index in [1.54, 1.807) is 52.3 Å². The third-order valence-corrected chi connectivity index (χ3v) is 16.9. The molecule has 0 spiro atoms. The van der Waals surface area contributed by atoms with Crippen LogP contribution in [0.4, 0.5) is 11.6 Å².